The van der Waals surface area contributed by atoms with E-state index in [1.807, 2.05) is 6.92 Å². The van der Waals surface area contributed by atoms with Gasteiger partial charge >= 0.3 is 6.18 Å². The Labute approximate surface area is 200 Å². The highest BCUT2D eigenvalue weighted by Crippen LogP contribution is 2.30. The molecule has 0 unspecified atom stereocenters. The monoisotopic (exact) mass is 573 g/mol. The maximum absolute atomic E-state index is 12.7. The maximum atomic E-state index is 12.7. The number of nitrogens with zero attached hydrogens (tertiary/aromatic N) is 3. The van der Waals surface area contributed by atoms with Crippen LogP contribution in [0.3, 0.4) is 0 Å². The Balaban J connectivity index is 0.00000320. The molecule has 11 heteroatoms. The first-order chi connectivity index (χ1) is 13.9. The van der Waals surface area contributed by atoms with E-state index < -0.39 is 11.9 Å². The average Bonchev–Trinajstić information content (AvgIpc) is 3.37. The van der Waals surface area contributed by atoms with Gasteiger partial charge in [-0.2, -0.15) is 13.2 Å². The summed E-state index contributed by atoms with van der Waals surface area (Å²) in [5.41, 5.74) is -0.847. The van der Waals surface area contributed by atoms with Crippen LogP contribution in [0.15, 0.2) is 27.9 Å². The molecule has 0 aromatic carbocycles. The van der Waals surface area contributed by atoms with Gasteiger partial charge in [-0.05, 0) is 50.2 Å². The predicted octanol–water partition coefficient (Wildman–Crippen LogP) is 4.81. The lowest BCUT2D eigenvalue weighted by atomic mass is 9.97. The van der Waals surface area contributed by atoms with Gasteiger partial charge in [0, 0.05) is 29.9 Å². The lowest BCUT2D eigenvalue weighted by Gasteiger charge is -2.32. The fourth-order valence-electron chi connectivity index (χ4n) is 3.21. The minimum atomic E-state index is -4.40. The Morgan fingerprint density at radius 3 is 2.63 bits per heavy atom. The molecule has 0 bridgehead atoms. The SMILES string of the molecule is CCNC(=NCc1nc(C(F)(F)F)cs1)NCC1CCN(Cc2cccs2)CC1.I. The van der Waals surface area contributed by atoms with Crippen molar-refractivity contribution in [2.75, 3.05) is 26.2 Å². The minimum Gasteiger partial charge on any atom is -0.357 e. The Morgan fingerprint density at radius 2 is 2.03 bits per heavy atom. The van der Waals surface area contributed by atoms with Crippen molar-refractivity contribution in [3.63, 3.8) is 0 Å². The van der Waals surface area contributed by atoms with Crippen molar-refractivity contribution >= 4 is 52.6 Å². The van der Waals surface area contributed by atoms with E-state index in [4.69, 9.17) is 0 Å². The molecule has 168 valence electrons. The molecule has 0 radical (unpaired) electrons. The van der Waals surface area contributed by atoms with E-state index in [0.29, 0.717) is 23.4 Å². The summed E-state index contributed by atoms with van der Waals surface area (Å²) in [6.07, 6.45) is -2.15. The third-order valence-electron chi connectivity index (χ3n) is 4.78. The van der Waals surface area contributed by atoms with Crippen molar-refractivity contribution in [2.24, 2.45) is 10.9 Å². The predicted molar refractivity (Wildman–Crippen MR) is 128 cm³/mol. The summed E-state index contributed by atoms with van der Waals surface area (Å²) in [4.78, 5) is 11.9. The van der Waals surface area contributed by atoms with Crippen LogP contribution in [-0.2, 0) is 19.3 Å². The molecule has 3 heterocycles. The van der Waals surface area contributed by atoms with Crippen molar-refractivity contribution in [2.45, 2.75) is 39.0 Å². The van der Waals surface area contributed by atoms with Crippen molar-refractivity contribution in [1.29, 1.82) is 0 Å². The van der Waals surface area contributed by atoms with Crippen molar-refractivity contribution in [3.05, 3.63) is 38.5 Å². The zero-order chi connectivity index (χ0) is 20.7. The molecule has 1 saturated heterocycles. The van der Waals surface area contributed by atoms with Gasteiger partial charge in [-0.3, -0.25) is 4.90 Å². The van der Waals surface area contributed by atoms with Crippen molar-refractivity contribution in [3.8, 4) is 0 Å². The zero-order valence-corrected chi connectivity index (χ0v) is 20.7. The molecule has 1 aliphatic heterocycles. The summed E-state index contributed by atoms with van der Waals surface area (Å²) in [6.45, 7) is 6.78. The maximum Gasteiger partial charge on any atom is 0.434 e. The molecular weight excluding hydrogens is 546 g/mol. The van der Waals surface area contributed by atoms with Crippen molar-refractivity contribution in [1.82, 2.24) is 20.5 Å². The average molecular weight is 573 g/mol. The molecule has 2 aromatic heterocycles. The standard InChI is InChI=1S/C19H26F3N5S2.HI/c1-2-23-18(25-11-17-26-16(13-29-17)19(20,21)22)24-10-14-5-7-27(8-6-14)12-15-4-3-9-28-15;/h3-4,9,13-14H,2,5-8,10-12H2,1H3,(H2,23,24,25);1H. The zero-order valence-electron chi connectivity index (χ0n) is 16.7. The fourth-order valence-corrected chi connectivity index (χ4v) is 4.69. The van der Waals surface area contributed by atoms with Crippen LogP contribution in [0.5, 0.6) is 0 Å². The number of hydrogen-bond acceptors (Lipinski definition) is 5. The highest BCUT2D eigenvalue weighted by atomic mass is 127. The molecule has 0 atom stereocenters. The quantitative estimate of drug-likeness (QED) is 0.284. The molecule has 3 rings (SSSR count). The summed E-state index contributed by atoms with van der Waals surface area (Å²) < 4.78 is 38.0. The van der Waals surface area contributed by atoms with Gasteiger partial charge in [0.05, 0.1) is 6.54 Å². The van der Waals surface area contributed by atoms with E-state index >= 15 is 0 Å². The third kappa shape index (κ3) is 7.97. The first-order valence-electron chi connectivity index (χ1n) is 9.72. The van der Waals surface area contributed by atoms with Gasteiger partial charge in [0.15, 0.2) is 11.7 Å². The van der Waals surface area contributed by atoms with Gasteiger partial charge in [-0.25, -0.2) is 9.98 Å². The molecule has 1 fully saturated rings. The van der Waals surface area contributed by atoms with Crippen LogP contribution in [-0.4, -0.2) is 42.0 Å². The Morgan fingerprint density at radius 1 is 1.27 bits per heavy atom. The lowest BCUT2D eigenvalue weighted by Crippen LogP contribution is -2.42. The first kappa shape index (κ1) is 25.3. The molecular formula is C19H27F3IN5S2. The second kappa shape index (κ2) is 12.2. The number of piperidine rings is 1. The number of thiophene rings is 1. The molecule has 0 saturated carbocycles. The van der Waals surface area contributed by atoms with Gasteiger partial charge in [-0.1, -0.05) is 6.07 Å². The highest BCUT2D eigenvalue weighted by molar-refractivity contribution is 14.0. The van der Waals surface area contributed by atoms with Crippen molar-refractivity contribution < 1.29 is 13.2 Å². The normalized spacial score (nSPS) is 16.3. The number of aliphatic imine (C=N–C) groups is 1. The number of hydrogen-bond donors (Lipinski definition) is 2. The summed E-state index contributed by atoms with van der Waals surface area (Å²) in [5.74, 6) is 1.19. The van der Waals surface area contributed by atoms with Crippen LogP contribution in [0, 0.1) is 5.92 Å². The number of rotatable bonds is 7. The van der Waals surface area contributed by atoms with Crippen LogP contribution in [0.1, 0.15) is 35.3 Å². The fraction of sp³-hybridized carbons (Fsp3) is 0.579. The smallest absolute Gasteiger partial charge is 0.357 e. The minimum absolute atomic E-state index is 0. The summed E-state index contributed by atoms with van der Waals surface area (Å²) in [5, 5.41) is 10.00. The first-order valence-corrected chi connectivity index (χ1v) is 11.5. The van der Waals surface area contributed by atoms with Crippen LogP contribution in [0.25, 0.3) is 0 Å². The molecule has 0 aliphatic carbocycles. The molecule has 0 spiro atoms. The van der Waals surface area contributed by atoms with E-state index in [1.165, 1.54) is 4.88 Å². The molecule has 30 heavy (non-hydrogen) atoms. The van der Waals surface area contributed by atoms with E-state index in [9.17, 15) is 13.2 Å². The van der Waals surface area contributed by atoms with Gasteiger partial charge in [0.1, 0.15) is 5.01 Å². The summed E-state index contributed by atoms with van der Waals surface area (Å²) in [7, 11) is 0. The summed E-state index contributed by atoms with van der Waals surface area (Å²) >= 11 is 2.78. The highest BCUT2D eigenvalue weighted by Gasteiger charge is 2.33. The van der Waals surface area contributed by atoms with Crippen LogP contribution < -0.4 is 10.6 Å². The summed E-state index contributed by atoms with van der Waals surface area (Å²) in [6, 6.07) is 4.27. The van der Waals surface area contributed by atoms with Gasteiger partial charge in [-0.15, -0.1) is 46.7 Å². The van der Waals surface area contributed by atoms with Crippen LogP contribution >= 0.6 is 46.7 Å². The number of alkyl halides is 3. The number of aromatic nitrogens is 1. The van der Waals surface area contributed by atoms with Gasteiger partial charge in [0.25, 0.3) is 0 Å². The van der Waals surface area contributed by atoms with Gasteiger partial charge in [0.2, 0.25) is 0 Å². The Kier molecular flexibility index (Phi) is 10.3. The Hall–Kier alpha value is -0.920. The largest absolute Gasteiger partial charge is 0.434 e. The molecule has 2 N–H and O–H groups in total. The number of halogens is 4. The Bertz CT molecular complexity index is 771. The van der Waals surface area contributed by atoms with E-state index in [1.54, 1.807) is 11.3 Å². The van der Waals surface area contributed by atoms with E-state index in [-0.39, 0.29) is 30.5 Å². The topological polar surface area (TPSA) is 52.6 Å². The molecule has 5 nitrogen and oxygen atoms in total. The van der Waals surface area contributed by atoms with E-state index in [2.05, 4.69) is 43.0 Å². The number of likely N-dealkylation sites (tertiary alicyclic amines) is 1. The molecule has 1 aliphatic rings. The van der Waals surface area contributed by atoms with Gasteiger partial charge < -0.3 is 10.6 Å². The number of guanidine groups is 1. The van der Waals surface area contributed by atoms with Crippen LogP contribution in [0.2, 0.25) is 0 Å². The number of nitrogens with one attached hydrogen (secondary N) is 2. The number of thiazole rings is 1. The van der Waals surface area contributed by atoms with Crippen LogP contribution in [0.4, 0.5) is 13.2 Å². The van der Waals surface area contributed by atoms with E-state index in [0.717, 1.165) is 55.7 Å². The molecule has 2 aromatic rings. The third-order valence-corrected chi connectivity index (χ3v) is 6.48. The molecule has 0 amide bonds. The second-order valence-corrected chi connectivity index (χ2v) is 8.97. The second-order valence-electron chi connectivity index (χ2n) is 7.00. The lowest BCUT2D eigenvalue weighted by molar-refractivity contribution is -0.140.